The van der Waals surface area contributed by atoms with Gasteiger partial charge in [0.25, 0.3) is 11.8 Å². The molecule has 1 aliphatic carbocycles. The van der Waals surface area contributed by atoms with E-state index in [0.717, 1.165) is 16.4 Å². The van der Waals surface area contributed by atoms with Crippen LogP contribution in [0.1, 0.15) is 56.8 Å². The van der Waals surface area contributed by atoms with Crippen LogP contribution in [0.15, 0.2) is 77.7 Å². The van der Waals surface area contributed by atoms with Crippen molar-refractivity contribution < 1.29 is 27.6 Å². The van der Waals surface area contributed by atoms with Crippen LogP contribution in [-0.2, 0) is 14.8 Å². The number of primary amides is 1. The first-order valence-corrected chi connectivity index (χ1v) is 15.9. The molecule has 3 aromatic rings. The minimum atomic E-state index is -3.85. The van der Waals surface area contributed by atoms with Gasteiger partial charge in [-0.3, -0.25) is 19.2 Å². The fourth-order valence-corrected chi connectivity index (χ4v) is 5.37. The van der Waals surface area contributed by atoms with Gasteiger partial charge in [0.15, 0.2) is 0 Å². The average molecular weight is 721 g/mol. The van der Waals surface area contributed by atoms with Crippen LogP contribution in [0.4, 0.5) is 5.69 Å². The molecule has 9 N–H and O–H groups in total. The van der Waals surface area contributed by atoms with Gasteiger partial charge in [-0.05, 0) is 90.0 Å². The third kappa shape index (κ3) is 10.3. The average Bonchev–Trinajstić information content (AvgIpc) is 2.98. The molecule has 0 aromatic heterocycles. The van der Waals surface area contributed by atoms with E-state index in [-0.39, 0.29) is 46.8 Å². The monoisotopic (exact) mass is 720 g/mol. The number of sulfonamides is 1. The summed E-state index contributed by atoms with van der Waals surface area (Å²) >= 11 is 2.07. The molecule has 4 amide bonds. The summed E-state index contributed by atoms with van der Waals surface area (Å²) in [6, 6.07) is 18.5. The van der Waals surface area contributed by atoms with Crippen molar-refractivity contribution in [3.05, 3.63) is 93.1 Å². The minimum Gasteiger partial charge on any atom is -0.398 e. The number of nitrogen functional groups attached to an aromatic ring is 1. The number of hydrogen-bond acceptors (Lipinski definition) is 7. The first kappa shape index (κ1) is 33.5. The number of primary sulfonamides is 1. The van der Waals surface area contributed by atoms with Gasteiger partial charge in [-0.25, -0.2) is 13.6 Å². The molecule has 0 unspecified atom stereocenters. The quantitative estimate of drug-likeness (QED) is 0.150. The summed E-state index contributed by atoms with van der Waals surface area (Å²) in [5, 5.41) is 13.5. The van der Waals surface area contributed by atoms with Crippen LogP contribution >= 0.6 is 22.6 Å². The lowest BCUT2D eigenvalue weighted by Crippen LogP contribution is -2.54. The lowest BCUT2D eigenvalue weighted by molar-refractivity contribution is -0.121. The van der Waals surface area contributed by atoms with Gasteiger partial charge < -0.3 is 27.4 Å². The molecular weight excluding hydrogens is 687 g/mol. The van der Waals surface area contributed by atoms with Crippen LogP contribution in [0.25, 0.3) is 0 Å². The summed E-state index contributed by atoms with van der Waals surface area (Å²) in [7, 11) is -3.85. The molecule has 0 spiro atoms. The van der Waals surface area contributed by atoms with Crippen molar-refractivity contribution in [3.63, 3.8) is 0 Å². The molecule has 4 rings (SSSR count). The zero-order valence-electron chi connectivity index (χ0n) is 23.1. The Morgan fingerprint density at radius 1 is 0.814 bits per heavy atom. The minimum absolute atomic E-state index is 0.0825. The zero-order chi connectivity index (χ0) is 31.6. The molecule has 228 valence electrons. The van der Waals surface area contributed by atoms with Crippen LogP contribution in [-0.4, -0.2) is 50.7 Å². The van der Waals surface area contributed by atoms with E-state index in [1.54, 1.807) is 42.5 Å². The molecule has 14 heteroatoms. The Bertz CT molecular complexity index is 1570. The Hall–Kier alpha value is -4.02. The van der Waals surface area contributed by atoms with Gasteiger partial charge in [0, 0.05) is 32.5 Å². The molecule has 2 atom stereocenters. The van der Waals surface area contributed by atoms with E-state index >= 15 is 0 Å². The molecule has 1 fully saturated rings. The second kappa shape index (κ2) is 15.5. The summed E-state index contributed by atoms with van der Waals surface area (Å²) in [4.78, 5) is 47.9. The SMILES string of the molecule is NC(=O)c1ccccc1.Nc1ccc(I)cc1C(=O)NCC(=O)N[C@H]1CCCC[C@H]1NC(=O)c1ccc(S(N)(=O)=O)cc1. The summed E-state index contributed by atoms with van der Waals surface area (Å²) in [6.07, 6.45) is 3.14. The van der Waals surface area contributed by atoms with Crippen molar-refractivity contribution in [1.82, 2.24) is 16.0 Å². The number of nitrogens with one attached hydrogen (secondary N) is 3. The first-order chi connectivity index (χ1) is 20.3. The Labute approximate surface area is 263 Å². The van der Waals surface area contributed by atoms with E-state index in [9.17, 15) is 27.6 Å². The van der Waals surface area contributed by atoms with Gasteiger partial charge in [-0.2, -0.15) is 0 Å². The highest BCUT2D eigenvalue weighted by Crippen LogP contribution is 2.20. The molecule has 0 radical (unpaired) electrons. The number of amides is 4. The van der Waals surface area contributed by atoms with Crippen molar-refractivity contribution in [1.29, 1.82) is 0 Å². The Kier molecular flexibility index (Phi) is 12.0. The van der Waals surface area contributed by atoms with Crippen LogP contribution in [0.3, 0.4) is 0 Å². The predicted molar refractivity (Wildman–Crippen MR) is 170 cm³/mol. The van der Waals surface area contributed by atoms with Crippen molar-refractivity contribution in [2.24, 2.45) is 10.9 Å². The highest BCUT2D eigenvalue weighted by molar-refractivity contribution is 14.1. The number of carbonyl (C=O) groups excluding carboxylic acids is 4. The van der Waals surface area contributed by atoms with E-state index in [0.29, 0.717) is 29.7 Å². The number of hydrogen-bond donors (Lipinski definition) is 6. The number of anilines is 1. The molecule has 43 heavy (non-hydrogen) atoms. The van der Waals surface area contributed by atoms with Gasteiger partial charge >= 0.3 is 0 Å². The topological polar surface area (TPSA) is 217 Å². The van der Waals surface area contributed by atoms with Gasteiger partial charge in [-0.1, -0.05) is 31.0 Å². The van der Waals surface area contributed by atoms with Crippen LogP contribution in [0.2, 0.25) is 0 Å². The highest BCUT2D eigenvalue weighted by Gasteiger charge is 2.28. The Balaban J connectivity index is 0.000000480. The van der Waals surface area contributed by atoms with Crippen molar-refractivity contribution in [2.75, 3.05) is 12.3 Å². The molecule has 0 aliphatic heterocycles. The lowest BCUT2D eigenvalue weighted by atomic mass is 9.90. The molecule has 0 bridgehead atoms. The molecular formula is C29H33IN6O6S. The fraction of sp³-hybridized carbons (Fsp3) is 0.241. The Morgan fingerprint density at radius 2 is 1.42 bits per heavy atom. The van der Waals surface area contributed by atoms with E-state index in [1.807, 2.05) is 6.07 Å². The smallest absolute Gasteiger partial charge is 0.253 e. The standard InChI is InChI=1S/C22H26IN5O5S.C7H7NO/c23-14-7-10-17(24)16(11-14)22(31)26-12-20(29)27-18-3-1-2-4-19(18)28-21(30)13-5-8-15(9-6-13)34(25,32)33;8-7(9)6-4-2-1-3-5-6/h5-11,18-19H,1-4,12,24H2,(H,26,31)(H,27,29)(H,28,30)(H2,25,32,33);1-5H,(H2,8,9)/t18-,19+;/m0./s1. The van der Waals surface area contributed by atoms with Crippen molar-refractivity contribution >= 4 is 61.9 Å². The number of benzene rings is 3. The molecule has 0 heterocycles. The number of carbonyl (C=O) groups is 4. The molecule has 0 saturated heterocycles. The zero-order valence-corrected chi connectivity index (χ0v) is 26.1. The molecule has 12 nitrogen and oxygen atoms in total. The summed E-state index contributed by atoms with van der Waals surface area (Å²) in [6.45, 7) is -0.226. The Morgan fingerprint density at radius 3 is 1.98 bits per heavy atom. The van der Waals surface area contributed by atoms with E-state index in [4.69, 9.17) is 16.6 Å². The van der Waals surface area contributed by atoms with E-state index < -0.39 is 15.9 Å². The first-order valence-electron chi connectivity index (χ1n) is 13.3. The maximum absolute atomic E-state index is 12.7. The lowest BCUT2D eigenvalue weighted by Gasteiger charge is -2.33. The van der Waals surface area contributed by atoms with Crippen LogP contribution < -0.4 is 32.6 Å². The summed E-state index contributed by atoms with van der Waals surface area (Å²) < 4.78 is 23.6. The normalized spacial score (nSPS) is 16.1. The van der Waals surface area contributed by atoms with Crippen molar-refractivity contribution in [2.45, 2.75) is 42.7 Å². The van der Waals surface area contributed by atoms with Crippen LogP contribution in [0.5, 0.6) is 0 Å². The van der Waals surface area contributed by atoms with E-state index in [1.165, 1.54) is 24.3 Å². The predicted octanol–water partition coefficient (Wildman–Crippen LogP) is 1.89. The second-order valence-corrected chi connectivity index (χ2v) is 12.6. The fourth-order valence-electron chi connectivity index (χ4n) is 4.37. The summed E-state index contributed by atoms with van der Waals surface area (Å²) in [5.41, 5.74) is 12.3. The highest BCUT2D eigenvalue weighted by atomic mass is 127. The van der Waals surface area contributed by atoms with Gasteiger partial charge in [0.05, 0.1) is 17.0 Å². The molecule has 1 saturated carbocycles. The number of rotatable bonds is 8. The third-order valence-electron chi connectivity index (χ3n) is 6.60. The second-order valence-electron chi connectivity index (χ2n) is 9.75. The van der Waals surface area contributed by atoms with Gasteiger partial charge in [0.2, 0.25) is 21.8 Å². The molecule has 1 aliphatic rings. The van der Waals surface area contributed by atoms with Gasteiger partial charge in [-0.15, -0.1) is 0 Å². The third-order valence-corrected chi connectivity index (χ3v) is 8.20. The van der Waals surface area contributed by atoms with Crippen molar-refractivity contribution in [3.8, 4) is 0 Å². The number of halogens is 1. The van der Waals surface area contributed by atoms with E-state index in [2.05, 4.69) is 38.5 Å². The number of nitrogens with two attached hydrogens (primary N) is 3. The van der Waals surface area contributed by atoms with Gasteiger partial charge in [0.1, 0.15) is 0 Å². The largest absolute Gasteiger partial charge is 0.398 e. The van der Waals surface area contributed by atoms with Crippen LogP contribution in [0, 0.1) is 3.57 Å². The maximum Gasteiger partial charge on any atom is 0.253 e. The maximum atomic E-state index is 12.7. The summed E-state index contributed by atoms with van der Waals surface area (Å²) in [5.74, 6) is -1.58. The molecule has 3 aromatic carbocycles.